The third kappa shape index (κ3) is 5.78. The molecule has 3 aromatic rings. The summed E-state index contributed by atoms with van der Waals surface area (Å²) >= 11 is 0. The lowest BCUT2D eigenvalue weighted by atomic mass is 9.92. The van der Waals surface area contributed by atoms with Gasteiger partial charge in [0.15, 0.2) is 5.82 Å². The minimum absolute atomic E-state index is 0.100. The van der Waals surface area contributed by atoms with E-state index < -0.39 is 50.3 Å². The molecule has 2 fully saturated rings. The summed E-state index contributed by atoms with van der Waals surface area (Å²) in [6.45, 7) is 0.891. The number of benzene rings is 1. The van der Waals surface area contributed by atoms with Crippen LogP contribution in [0.4, 0.5) is 5.82 Å². The first-order valence-electron chi connectivity index (χ1n) is 13.2. The zero-order valence-electron chi connectivity index (χ0n) is 22.2. The first-order chi connectivity index (χ1) is 19.7. The van der Waals surface area contributed by atoms with Crippen molar-refractivity contribution in [3.8, 4) is 11.8 Å². The van der Waals surface area contributed by atoms with Gasteiger partial charge in [-0.15, -0.1) is 0 Å². The molecule has 1 saturated carbocycles. The minimum Gasteiger partial charge on any atom is -0.461 e. The lowest BCUT2D eigenvalue weighted by Crippen LogP contribution is -2.41. The lowest BCUT2D eigenvalue weighted by molar-refractivity contribution is -0.150. The van der Waals surface area contributed by atoms with Crippen LogP contribution in [0.2, 0.25) is 0 Å². The van der Waals surface area contributed by atoms with E-state index in [0.29, 0.717) is 5.52 Å². The number of hydrogen-bond acceptors (Lipinski definition) is 12. The van der Waals surface area contributed by atoms with E-state index in [0.717, 1.165) is 25.7 Å². The number of rotatable bonds is 10. The molecule has 41 heavy (non-hydrogen) atoms. The maximum absolute atomic E-state index is 13.9. The number of fused-ring (bicyclic) bond motifs is 1. The quantitative estimate of drug-likeness (QED) is 0.198. The Morgan fingerprint density at radius 2 is 2.02 bits per heavy atom. The molecule has 3 heterocycles. The average Bonchev–Trinajstić information content (AvgIpc) is 3.69. The van der Waals surface area contributed by atoms with E-state index in [2.05, 4.69) is 15.2 Å². The summed E-state index contributed by atoms with van der Waals surface area (Å²) in [6.07, 6.45) is -0.246. The third-order valence-corrected chi connectivity index (χ3v) is 8.80. The number of anilines is 1. The van der Waals surface area contributed by atoms with Crippen LogP contribution in [-0.4, -0.2) is 67.8 Å². The van der Waals surface area contributed by atoms with E-state index in [4.69, 9.17) is 24.3 Å². The largest absolute Gasteiger partial charge is 0.461 e. The van der Waals surface area contributed by atoms with Crippen molar-refractivity contribution < 1.29 is 38.1 Å². The monoisotopic (exact) mass is 586 g/mol. The zero-order chi connectivity index (χ0) is 29.2. The van der Waals surface area contributed by atoms with Crippen LogP contribution in [-0.2, 0) is 29.0 Å². The van der Waals surface area contributed by atoms with E-state index >= 15 is 0 Å². The second kappa shape index (κ2) is 11.7. The summed E-state index contributed by atoms with van der Waals surface area (Å²) in [5, 5.41) is 38.7. The average molecular weight is 587 g/mol. The lowest BCUT2D eigenvalue weighted by Gasteiger charge is -2.26. The Labute approximate surface area is 235 Å². The summed E-state index contributed by atoms with van der Waals surface area (Å²) in [5.41, 5.74) is 4.29. The van der Waals surface area contributed by atoms with Crippen LogP contribution in [0.25, 0.3) is 5.52 Å². The van der Waals surface area contributed by atoms with Crippen molar-refractivity contribution in [2.45, 2.75) is 68.7 Å². The van der Waals surface area contributed by atoms with Crippen LogP contribution in [0.15, 0.2) is 48.8 Å². The fourth-order valence-electron chi connectivity index (χ4n) is 4.99. The molecule has 6 atom stereocenters. The molecule has 14 nitrogen and oxygen atoms in total. The highest BCUT2D eigenvalue weighted by molar-refractivity contribution is 7.52. The predicted octanol–water partition coefficient (Wildman–Crippen LogP) is 1.82. The standard InChI is InChI=1S/C26H31N6O8P/c1-16(25(35)38-17-7-5-6-8-17)31-41(36,40-18-9-3-2-4-10-18)37-13-20-22(33)23(34)26(14-27,39-20)21-12-11-19-24(28)29-15-30-32(19)21/h2-4,9-12,15-17,20,22-23,33-34H,5-8,13H2,1H3,(H,31,36)(H2,28,29,30)/t16?,20-,22-,23-,26+,41?/m1/s1. The molecule has 5 rings (SSSR count). The Balaban J connectivity index is 1.35. The molecule has 15 heteroatoms. The second-order valence-corrected chi connectivity index (χ2v) is 11.7. The second-order valence-electron chi connectivity index (χ2n) is 9.99. The zero-order valence-corrected chi connectivity index (χ0v) is 23.1. The molecule has 218 valence electrons. The Morgan fingerprint density at radius 1 is 1.29 bits per heavy atom. The van der Waals surface area contributed by atoms with Crippen molar-refractivity contribution in [3.05, 3.63) is 54.5 Å². The number of nitrogens with one attached hydrogen (secondary N) is 1. The number of carbonyl (C=O) groups is 1. The van der Waals surface area contributed by atoms with Gasteiger partial charge in [-0.1, -0.05) is 18.2 Å². The molecule has 0 amide bonds. The van der Waals surface area contributed by atoms with Crippen LogP contribution in [0.3, 0.4) is 0 Å². The smallest absolute Gasteiger partial charge is 0.459 e. The number of nitrogen functional groups attached to an aromatic ring is 1. The molecule has 0 bridgehead atoms. The molecule has 1 aliphatic heterocycles. The van der Waals surface area contributed by atoms with Gasteiger partial charge in [-0.25, -0.2) is 14.1 Å². The highest BCUT2D eigenvalue weighted by Gasteiger charge is 2.58. The summed E-state index contributed by atoms with van der Waals surface area (Å²) < 4.78 is 37.9. The molecule has 0 spiro atoms. The van der Waals surface area contributed by atoms with E-state index in [1.54, 1.807) is 36.4 Å². The molecule has 2 aromatic heterocycles. The van der Waals surface area contributed by atoms with Crippen LogP contribution in [0.1, 0.15) is 38.3 Å². The highest BCUT2D eigenvalue weighted by Crippen LogP contribution is 2.47. The molecule has 1 saturated heterocycles. The van der Waals surface area contributed by atoms with Gasteiger partial charge in [-0.3, -0.25) is 9.32 Å². The number of nitrogens with two attached hydrogens (primary N) is 1. The maximum Gasteiger partial charge on any atom is 0.459 e. The maximum atomic E-state index is 13.9. The molecule has 2 unspecified atom stereocenters. The topological polar surface area (TPSA) is 204 Å². The van der Waals surface area contributed by atoms with Gasteiger partial charge in [0.05, 0.1) is 12.3 Å². The molecular formula is C26H31N6O8P. The summed E-state index contributed by atoms with van der Waals surface area (Å²) in [6, 6.07) is 12.1. The van der Waals surface area contributed by atoms with Crippen molar-refractivity contribution in [1.82, 2.24) is 19.7 Å². The van der Waals surface area contributed by atoms with Gasteiger partial charge in [0.1, 0.15) is 54.1 Å². The number of nitriles is 1. The third-order valence-electron chi connectivity index (χ3n) is 7.15. The van der Waals surface area contributed by atoms with Crippen molar-refractivity contribution in [1.29, 1.82) is 5.26 Å². The van der Waals surface area contributed by atoms with Crippen LogP contribution in [0.5, 0.6) is 5.75 Å². The number of ether oxygens (including phenoxy) is 2. The fourth-order valence-corrected chi connectivity index (χ4v) is 6.50. The normalized spacial score (nSPS) is 26.8. The summed E-state index contributed by atoms with van der Waals surface area (Å²) in [7, 11) is -4.30. The van der Waals surface area contributed by atoms with Crippen LogP contribution < -0.4 is 15.3 Å². The highest BCUT2D eigenvalue weighted by atomic mass is 31.2. The van der Waals surface area contributed by atoms with Gasteiger partial charge in [-0.2, -0.15) is 15.4 Å². The molecule has 1 aliphatic carbocycles. The van der Waals surface area contributed by atoms with Crippen LogP contribution >= 0.6 is 7.75 Å². The summed E-state index contributed by atoms with van der Waals surface area (Å²) in [5.74, 6) is -0.288. The van der Waals surface area contributed by atoms with E-state index in [1.165, 1.54) is 23.8 Å². The van der Waals surface area contributed by atoms with Gasteiger partial charge >= 0.3 is 13.7 Å². The molecule has 5 N–H and O–H groups in total. The first kappa shape index (κ1) is 28.9. The SMILES string of the molecule is CC(NP(=O)(OC[C@H]1O[C@@](C#N)(c2ccc3c(N)ncnn23)[C@H](O)[C@@H]1O)Oc1ccccc1)C(=O)OC1CCCC1. The number of aliphatic hydroxyl groups is 2. The number of nitrogens with zero attached hydrogens (tertiary/aromatic N) is 4. The number of esters is 1. The Morgan fingerprint density at radius 3 is 2.73 bits per heavy atom. The molecular weight excluding hydrogens is 555 g/mol. The van der Waals surface area contributed by atoms with E-state index in [1.807, 2.05) is 6.07 Å². The number of aliphatic hydroxyl groups excluding tert-OH is 2. The summed E-state index contributed by atoms with van der Waals surface area (Å²) in [4.78, 5) is 16.6. The van der Waals surface area contributed by atoms with Gasteiger partial charge in [0, 0.05) is 0 Å². The van der Waals surface area contributed by atoms with Crippen molar-refractivity contribution in [3.63, 3.8) is 0 Å². The molecule has 0 radical (unpaired) electrons. The van der Waals surface area contributed by atoms with Gasteiger partial charge in [0.2, 0.25) is 5.60 Å². The number of hydrogen-bond donors (Lipinski definition) is 4. The number of carbonyl (C=O) groups excluding carboxylic acids is 1. The number of para-hydroxylation sites is 1. The minimum atomic E-state index is -4.30. The Hall–Kier alpha value is -3.57. The van der Waals surface area contributed by atoms with Crippen molar-refractivity contribution >= 4 is 25.1 Å². The number of aromatic nitrogens is 3. The predicted molar refractivity (Wildman–Crippen MR) is 143 cm³/mol. The van der Waals surface area contributed by atoms with Gasteiger partial charge in [0.25, 0.3) is 0 Å². The Kier molecular flexibility index (Phi) is 8.28. The fraction of sp³-hybridized carbons (Fsp3) is 0.462. The van der Waals surface area contributed by atoms with E-state index in [9.17, 15) is 24.8 Å². The van der Waals surface area contributed by atoms with Crippen molar-refractivity contribution in [2.75, 3.05) is 12.3 Å². The van der Waals surface area contributed by atoms with Gasteiger partial charge < -0.3 is 29.9 Å². The first-order valence-corrected chi connectivity index (χ1v) is 14.7. The Bertz CT molecular complexity index is 1480. The van der Waals surface area contributed by atoms with Crippen molar-refractivity contribution in [2.24, 2.45) is 0 Å². The molecule has 1 aromatic carbocycles. The van der Waals surface area contributed by atoms with Gasteiger partial charge in [-0.05, 0) is 56.9 Å². The molecule has 2 aliphatic rings. The van der Waals surface area contributed by atoms with Crippen LogP contribution in [0, 0.1) is 11.3 Å². The van der Waals surface area contributed by atoms with E-state index in [-0.39, 0.29) is 23.4 Å².